The van der Waals surface area contributed by atoms with Crippen molar-refractivity contribution in [2.75, 3.05) is 0 Å². The summed E-state index contributed by atoms with van der Waals surface area (Å²) in [6, 6.07) is 22.5. The lowest BCUT2D eigenvalue weighted by atomic mass is 10.1. The van der Waals surface area contributed by atoms with Gasteiger partial charge in [-0.15, -0.1) is 0 Å². The highest BCUT2D eigenvalue weighted by Crippen LogP contribution is 2.31. The van der Waals surface area contributed by atoms with Crippen LogP contribution in [0.5, 0.6) is 11.5 Å². The third-order valence-corrected chi connectivity index (χ3v) is 4.40. The molecule has 4 heteroatoms. The number of rotatable bonds is 2. The Bertz CT molecular complexity index is 1320. The number of ether oxygens (including phenoxy) is 1. The van der Waals surface area contributed by atoms with Crippen LogP contribution >= 0.6 is 0 Å². The van der Waals surface area contributed by atoms with Crippen molar-refractivity contribution in [3.63, 3.8) is 0 Å². The Hall–Kier alpha value is -3.66. The second-order valence-corrected chi connectivity index (χ2v) is 6.03. The number of para-hydroxylation sites is 1. The van der Waals surface area contributed by atoms with Gasteiger partial charge >= 0.3 is 5.63 Å². The molecule has 0 aliphatic carbocycles. The van der Waals surface area contributed by atoms with E-state index in [0.717, 1.165) is 27.4 Å². The first-order valence-electron chi connectivity index (χ1n) is 8.27. The number of pyridine rings is 1. The summed E-state index contributed by atoms with van der Waals surface area (Å²) in [5.74, 6) is 1.40. The van der Waals surface area contributed by atoms with E-state index in [0.29, 0.717) is 16.7 Å². The number of hydrogen-bond acceptors (Lipinski definition) is 4. The quantitative estimate of drug-likeness (QED) is 0.410. The highest BCUT2D eigenvalue weighted by Gasteiger charge is 2.11. The van der Waals surface area contributed by atoms with Crippen LogP contribution < -0.4 is 10.4 Å². The van der Waals surface area contributed by atoms with Crippen molar-refractivity contribution in [2.24, 2.45) is 0 Å². The second-order valence-electron chi connectivity index (χ2n) is 6.03. The summed E-state index contributed by atoms with van der Waals surface area (Å²) in [5.41, 5.74) is 0.920. The third-order valence-electron chi connectivity index (χ3n) is 4.40. The van der Waals surface area contributed by atoms with Crippen LogP contribution in [0, 0.1) is 0 Å². The van der Waals surface area contributed by atoms with Gasteiger partial charge in [0.05, 0.1) is 10.9 Å². The van der Waals surface area contributed by atoms with Crippen LogP contribution in [0.25, 0.3) is 32.6 Å². The van der Waals surface area contributed by atoms with Crippen LogP contribution in [0.3, 0.4) is 0 Å². The van der Waals surface area contributed by atoms with E-state index in [1.807, 2.05) is 66.7 Å². The van der Waals surface area contributed by atoms with Crippen LogP contribution in [0.15, 0.2) is 88.2 Å². The fourth-order valence-corrected chi connectivity index (χ4v) is 3.18. The van der Waals surface area contributed by atoms with Gasteiger partial charge in [0.25, 0.3) is 0 Å². The van der Waals surface area contributed by atoms with Crippen molar-refractivity contribution in [2.45, 2.75) is 0 Å². The number of fused-ring (bicyclic) bond motifs is 5. The summed E-state index contributed by atoms with van der Waals surface area (Å²) in [4.78, 5) is 16.9. The van der Waals surface area contributed by atoms with Gasteiger partial charge in [-0.2, -0.15) is 0 Å². The molecular weight excluding hydrogens is 326 g/mol. The Morgan fingerprint density at radius 1 is 0.731 bits per heavy atom. The van der Waals surface area contributed by atoms with Gasteiger partial charge in [0, 0.05) is 22.4 Å². The maximum absolute atomic E-state index is 12.4. The molecule has 0 aliphatic heterocycles. The topological polar surface area (TPSA) is 52.3 Å². The van der Waals surface area contributed by atoms with Crippen molar-refractivity contribution >= 4 is 32.6 Å². The molecule has 0 N–H and O–H groups in total. The molecule has 2 aromatic heterocycles. The lowest BCUT2D eigenvalue weighted by Crippen LogP contribution is -2.00. The smallest absolute Gasteiger partial charge is 0.344 e. The molecule has 3 aromatic carbocycles. The molecule has 4 nitrogen and oxygen atoms in total. The van der Waals surface area contributed by atoms with Gasteiger partial charge < -0.3 is 9.15 Å². The van der Waals surface area contributed by atoms with Crippen molar-refractivity contribution in [3.8, 4) is 11.5 Å². The zero-order valence-electron chi connectivity index (χ0n) is 13.7. The molecule has 2 heterocycles. The van der Waals surface area contributed by atoms with Gasteiger partial charge in [-0.1, -0.05) is 36.4 Å². The summed E-state index contributed by atoms with van der Waals surface area (Å²) in [6.45, 7) is 0. The average molecular weight is 339 g/mol. The zero-order chi connectivity index (χ0) is 17.5. The predicted octanol–water partition coefficient (Wildman–Crippen LogP) is 5.29. The van der Waals surface area contributed by atoms with Crippen molar-refractivity contribution < 1.29 is 9.15 Å². The molecule has 5 aromatic rings. The van der Waals surface area contributed by atoms with Gasteiger partial charge in [0.15, 0.2) is 0 Å². The zero-order valence-corrected chi connectivity index (χ0v) is 13.7. The molecule has 0 fully saturated rings. The fourth-order valence-electron chi connectivity index (χ4n) is 3.18. The van der Waals surface area contributed by atoms with Gasteiger partial charge in [0.1, 0.15) is 17.1 Å². The van der Waals surface area contributed by atoms with Crippen molar-refractivity contribution in [1.82, 2.24) is 4.98 Å². The van der Waals surface area contributed by atoms with E-state index in [4.69, 9.17) is 9.15 Å². The van der Waals surface area contributed by atoms with E-state index < -0.39 is 0 Å². The highest BCUT2D eigenvalue weighted by atomic mass is 16.5. The van der Waals surface area contributed by atoms with Gasteiger partial charge in [-0.3, -0.25) is 4.98 Å². The lowest BCUT2D eigenvalue weighted by molar-refractivity contribution is 0.483. The Kier molecular flexibility index (Phi) is 3.22. The molecule has 0 unspecified atom stereocenters. The molecule has 0 aliphatic rings. The van der Waals surface area contributed by atoms with Crippen LogP contribution in [0.2, 0.25) is 0 Å². The largest absolute Gasteiger partial charge is 0.457 e. The molecule has 0 radical (unpaired) electrons. The number of aromatic nitrogens is 1. The molecule has 26 heavy (non-hydrogen) atoms. The van der Waals surface area contributed by atoms with E-state index in [9.17, 15) is 4.79 Å². The molecule has 0 spiro atoms. The molecule has 0 bridgehead atoms. The molecule has 5 rings (SSSR count). The van der Waals surface area contributed by atoms with E-state index >= 15 is 0 Å². The third kappa shape index (κ3) is 2.31. The highest BCUT2D eigenvalue weighted by molar-refractivity contribution is 6.12. The van der Waals surface area contributed by atoms with E-state index in [-0.39, 0.29) is 5.63 Å². The molecule has 0 atom stereocenters. The van der Waals surface area contributed by atoms with Crippen LogP contribution in [0.4, 0.5) is 0 Å². The SMILES string of the molecule is O=c1oc2c3cc(Oc4ccccc4)ccc3ncc2c2ccccc12. The Morgan fingerprint density at radius 2 is 1.50 bits per heavy atom. The summed E-state index contributed by atoms with van der Waals surface area (Å²) in [5, 5.41) is 2.95. The molecule has 0 saturated carbocycles. The van der Waals surface area contributed by atoms with E-state index in [2.05, 4.69) is 4.98 Å². The van der Waals surface area contributed by atoms with Crippen LogP contribution in [-0.2, 0) is 0 Å². The standard InChI is InChI=1S/C22H13NO3/c24-22-17-9-5-4-8-16(17)19-13-23-20-11-10-15(12-18(20)21(19)26-22)25-14-6-2-1-3-7-14/h1-13H. The summed E-state index contributed by atoms with van der Waals surface area (Å²) >= 11 is 0. The maximum atomic E-state index is 12.4. The van der Waals surface area contributed by atoms with E-state index in [1.54, 1.807) is 12.3 Å². The minimum Gasteiger partial charge on any atom is -0.457 e. The second kappa shape index (κ2) is 5.70. The predicted molar refractivity (Wildman–Crippen MR) is 102 cm³/mol. The Balaban J connectivity index is 1.78. The molecule has 124 valence electrons. The van der Waals surface area contributed by atoms with Crippen LogP contribution in [-0.4, -0.2) is 4.98 Å². The lowest BCUT2D eigenvalue weighted by Gasteiger charge is -2.08. The minimum atomic E-state index is -0.352. The number of nitrogens with zero attached hydrogens (tertiary/aromatic N) is 1. The first kappa shape index (κ1) is 14.7. The monoisotopic (exact) mass is 339 g/mol. The number of benzene rings is 3. The van der Waals surface area contributed by atoms with Crippen molar-refractivity contribution in [3.05, 3.63) is 89.4 Å². The van der Waals surface area contributed by atoms with Gasteiger partial charge in [-0.05, 0) is 36.4 Å². The summed E-state index contributed by atoms with van der Waals surface area (Å²) in [7, 11) is 0. The first-order valence-corrected chi connectivity index (χ1v) is 8.27. The van der Waals surface area contributed by atoms with Gasteiger partial charge in [0.2, 0.25) is 0 Å². The summed E-state index contributed by atoms with van der Waals surface area (Å²) < 4.78 is 11.5. The fraction of sp³-hybridized carbons (Fsp3) is 0. The van der Waals surface area contributed by atoms with Crippen LogP contribution in [0.1, 0.15) is 0 Å². The summed E-state index contributed by atoms with van der Waals surface area (Å²) in [6.07, 6.45) is 1.75. The Labute approximate surface area is 148 Å². The van der Waals surface area contributed by atoms with Crippen molar-refractivity contribution in [1.29, 1.82) is 0 Å². The number of hydrogen-bond donors (Lipinski definition) is 0. The first-order chi connectivity index (χ1) is 12.8. The van der Waals surface area contributed by atoms with Gasteiger partial charge in [-0.25, -0.2) is 4.79 Å². The van der Waals surface area contributed by atoms with E-state index in [1.165, 1.54) is 0 Å². The molecule has 0 saturated heterocycles. The maximum Gasteiger partial charge on any atom is 0.344 e. The minimum absolute atomic E-state index is 0.352. The average Bonchev–Trinajstić information content (AvgIpc) is 2.69. The molecular formula is C22H13NO3. The molecule has 0 amide bonds. The normalized spacial score (nSPS) is 11.2. The Morgan fingerprint density at radius 3 is 2.35 bits per heavy atom.